The number of carbonyl (C=O) groups is 1. The summed E-state index contributed by atoms with van der Waals surface area (Å²) in [6.45, 7) is 4.96. The Morgan fingerprint density at radius 1 is 1.21 bits per heavy atom. The molecule has 1 aromatic carbocycles. The monoisotopic (exact) mass is 416 g/mol. The molecule has 154 valence electrons. The van der Waals surface area contributed by atoms with Crippen molar-refractivity contribution >= 4 is 23.4 Å². The fourth-order valence-electron chi connectivity index (χ4n) is 2.75. The van der Waals surface area contributed by atoms with Crippen LogP contribution < -0.4 is 14.8 Å². The van der Waals surface area contributed by atoms with Crippen LogP contribution in [-0.2, 0) is 11.3 Å². The minimum Gasteiger partial charge on any atom is -0.493 e. The second-order valence-corrected chi connectivity index (χ2v) is 7.64. The Morgan fingerprint density at radius 2 is 2.00 bits per heavy atom. The average molecular weight is 417 g/mol. The molecule has 3 rings (SSSR count). The molecule has 9 heteroatoms. The van der Waals surface area contributed by atoms with E-state index in [-0.39, 0.29) is 11.7 Å². The maximum absolute atomic E-state index is 12.4. The Kier molecular flexibility index (Phi) is 6.82. The second kappa shape index (κ2) is 9.51. The van der Waals surface area contributed by atoms with E-state index in [1.165, 1.54) is 11.8 Å². The molecule has 0 spiro atoms. The Hall–Kier alpha value is -2.94. The molecule has 2 heterocycles. The van der Waals surface area contributed by atoms with Crippen LogP contribution in [0, 0.1) is 5.92 Å². The van der Waals surface area contributed by atoms with E-state index >= 15 is 0 Å². The number of anilines is 1. The average Bonchev–Trinajstić information content (AvgIpc) is 3.35. The number of methoxy groups -OCH3 is 2. The fraction of sp³-hybridized carbons (Fsp3) is 0.350. The van der Waals surface area contributed by atoms with Gasteiger partial charge < -0.3 is 19.2 Å². The van der Waals surface area contributed by atoms with Gasteiger partial charge in [-0.15, -0.1) is 10.2 Å². The van der Waals surface area contributed by atoms with Gasteiger partial charge in [0.05, 0.1) is 26.2 Å². The number of furan rings is 1. The zero-order valence-corrected chi connectivity index (χ0v) is 17.7. The van der Waals surface area contributed by atoms with Crippen LogP contribution in [0.15, 0.2) is 46.2 Å². The highest BCUT2D eigenvalue weighted by Crippen LogP contribution is 2.30. The zero-order valence-electron chi connectivity index (χ0n) is 16.8. The van der Waals surface area contributed by atoms with E-state index in [9.17, 15) is 4.79 Å². The summed E-state index contributed by atoms with van der Waals surface area (Å²) in [6, 6.07) is 8.89. The van der Waals surface area contributed by atoms with Crippen molar-refractivity contribution in [2.24, 2.45) is 5.92 Å². The first-order chi connectivity index (χ1) is 14.0. The SMILES string of the molecule is COc1ccc(NC(=O)CSc2nnc(-c3ccco3)n2CC(C)C)cc1OC. The molecule has 0 unspecified atom stereocenters. The molecule has 0 saturated heterocycles. The standard InChI is InChI=1S/C20H24N4O4S/c1-13(2)11-24-19(16-6-5-9-28-16)22-23-20(24)29-12-18(25)21-14-7-8-15(26-3)17(10-14)27-4/h5-10,13H,11-12H2,1-4H3,(H,21,25). The van der Waals surface area contributed by atoms with E-state index < -0.39 is 0 Å². The third-order valence-electron chi connectivity index (χ3n) is 4.01. The number of benzene rings is 1. The molecule has 0 aliphatic heterocycles. The van der Waals surface area contributed by atoms with Crippen LogP contribution in [0.4, 0.5) is 5.69 Å². The Balaban J connectivity index is 1.69. The summed E-state index contributed by atoms with van der Waals surface area (Å²) in [7, 11) is 3.12. The van der Waals surface area contributed by atoms with Gasteiger partial charge in [0.1, 0.15) is 0 Å². The molecule has 0 aliphatic carbocycles. The molecule has 29 heavy (non-hydrogen) atoms. The second-order valence-electron chi connectivity index (χ2n) is 6.69. The minimum absolute atomic E-state index is 0.152. The largest absolute Gasteiger partial charge is 0.493 e. The van der Waals surface area contributed by atoms with Gasteiger partial charge in [-0.3, -0.25) is 9.36 Å². The van der Waals surface area contributed by atoms with E-state index in [1.807, 2.05) is 16.7 Å². The van der Waals surface area contributed by atoms with Crippen molar-refractivity contribution in [3.05, 3.63) is 36.6 Å². The summed E-state index contributed by atoms with van der Waals surface area (Å²) in [5.41, 5.74) is 0.633. The predicted octanol–water partition coefficient (Wildman–Crippen LogP) is 3.94. The van der Waals surface area contributed by atoms with Gasteiger partial charge in [-0.2, -0.15) is 0 Å². The van der Waals surface area contributed by atoms with Crippen LogP contribution in [-0.4, -0.2) is 40.6 Å². The van der Waals surface area contributed by atoms with Crippen molar-refractivity contribution in [3.63, 3.8) is 0 Å². The molecule has 0 fully saturated rings. The van der Waals surface area contributed by atoms with Crippen molar-refractivity contribution in [1.82, 2.24) is 14.8 Å². The predicted molar refractivity (Wildman–Crippen MR) is 111 cm³/mol. The summed E-state index contributed by atoms with van der Waals surface area (Å²) < 4.78 is 17.9. The summed E-state index contributed by atoms with van der Waals surface area (Å²) in [5, 5.41) is 12.0. The van der Waals surface area contributed by atoms with Crippen molar-refractivity contribution in [2.45, 2.75) is 25.5 Å². The smallest absolute Gasteiger partial charge is 0.234 e. The molecule has 0 aliphatic rings. The summed E-state index contributed by atoms with van der Waals surface area (Å²) in [4.78, 5) is 12.4. The van der Waals surface area contributed by atoms with Crippen LogP contribution in [0.2, 0.25) is 0 Å². The Bertz CT molecular complexity index is 954. The Morgan fingerprint density at radius 3 is 2.66 bits per heavy atom. The number of hydrogen-bond donors (Lipinski definition) is 1. The maximum atomic E-state index is 12.4. The van der Waals surface area contributed by atoms with Gasteiger partial charge >= 0.3 is 0 Å². The first kappa shape index (κ1) is 20.8. The lowest BCUT2D eigenvalue weighted by Gasteiger charge is -2.12. The van der Waals surface area contributed by atoms with Crippen LogP contribution in [0.1, 0.15) is 13.8 Å². The topological polar surface area (TPSA) is 91.4 Å². The van der Waals surface area contributed by atoms with Gasteiger partial charge in [-0.05, 0) is 30.2 Å². The van der Waals surface area contributed by atoms with E-state index in [1.54, 1.807) is 38.7 Å². The van der Waals surface area contributed by atoms with Gasteiger partial charge in [0, 0.05) is 18.3 Å². The van der Waals surface area contributed by atoms with Crippen molar-refractivity contribution in [1.29, 1.82) is 0 Å². The molecule has 0 saturated carbocycles. The van der Waals surface area contributed by atoms with Crippen LogP contribution in [0.25, 0.3) is 11.6 Å². The number of nitrogens with one attached hydrogen (secondary N) is 1. The number of nitrogens with zero attached hydrogens (tertiary/aromatic N) is 3. The van der Waals surface area contributed by atoms with Crippen LogP contribution >= 0.6 is 11.8 Å². The molecule has 1 N–H and O–H groups in total. The third-order valence-corrected chi connectivity index (χ3v) is 4.97. The molecular formula is C20H24N4O4S. The lowest BCUT2D eigenvalue weighted by Crippen LogP contribution is -2.15. The van der Waals surface area contributed by atoms with E-state index in [2.05, 4.69) is 29.4 Å². The first-order valence-corrected chi connectivity index (χ1v) is 10.1. The molecule has 0 bridgehead atoms. The van der Waals surface area contributed by atoms with Gasteiger partial charge in [-0.25, -0.2) is 0 Å². The summed E-state index contributed by atoms with van der Waals surface area (Å²) in [5.74, 6) is 2.90. The van der Waals surface area contributed by atoms with E-state index in [0.717, 1.165) is 6.54 Å². The third kappa shape index (κ3) is 5.11. The molecule has 1 amide bonds. The molecule has 8 nitrogen and oxygen atoms in total. The quantitative estimate of drug-likeness (QED) is 0.528. The van der Waals surface area contributed by atoms with Gasteiger partial charge in [-0.1, -0.05) is 25.6 Å². The molecular weight excluding hydrogens is 392 g/mol. The summed E-state index contributed by atoms with van der Waals surface area (Å²) >= 11 is 1.33. The zero-order chi connectivity index (χ0) is 20.8. The number of ether oxygens (including phenoxy) is 2. The minimum atomic E-state index is -0.152. The number of hydrogen-bond acceptors (Lipinski definition) is 7. The highest BCUT2D eigenvalue weighted by Gasteiger charge is 2.18. The number of aromatic nitrogens is 3. The number of thioether (sulfide) groups is 1. The Labute approximate surface area is 173 Å². The number of carbonyl (C=O) groups excluding carboxylic acids is 1. The molecule has 3 aromatic rings. The normalized spacial score (nSPS) is 10.9. The molecule has 0 atom stereocenters. The summed E-state index contributed by atoms with van der Waals surface area (Å²) in [6.07, 6.45) is 1.60. The molecule has 0 radical (unpaired) electrons. The van der Waals surface area contributed by atoms with E-state index in [0.29, 0.717) is 39.8 Å². The van der Waals surface area contributed by atoms with Crippen LogP contribution in [0.3, 0.4) is 0 Å². The lowest BCUT2D eigenvalue weighted by molar-refractivity contribution is -0.113. The first-order valence-electron chi connectivity index (χ1n) is 9.13. The van der Waals surface area contributed by atoms with Crippen molar-refractivity contribution < 1.29 is 18.7 Å². The van der Waals surface area contributed by atoms with Crippen molar-refractivity contribution in [2.75, 3.05) is 25.3 Å². The lowest BCUT2D eigenvalue weighted by atomic mass is 10.2. The molecule has 2 aromatic heterocycles. The highest BCUT2D eigenvalue weighted by molar-refractivity contribution is 7.99. The maximum Gasteiger partial charge on any atom is 0.234 e. The van der Waals surface area contributed by atoms with E-state index in [4.69, 9.17) is 13.9 Å². The number of amides is 1. The fourth-order valence-corrected chi connectivity index (χ4v) is 3.50. The van der Waals surface area contributed by atoms with Gasteiger partial charge in [0.25, 0.3) is 0 Å². The highest BCUT2D eigenvalue weighted by atomic mass is 32.2. The van der Waals surface area contributed by atoms with Gasteiger partial charge in [0.15, 0.2) is 28.2 Å². The van der Waals surface area contributed by atoms with Crippen LogP contribution in [0.5, 0.6) is 11.5 Å². The van der Waals surface area contributed by atoms with Gasteiger partial charge in [0.2, 0.25) is 5.91 Å². The number of rotatable bonds is 9. The van der Waals surface area contributed by atoms with Crippen molar-refractivity contribution in [3.8, 4) is 23.1 Å².